The highest BCUT2D eigenvalue weighted by molar-refractivity contribution is 5.84. The highest BCUT2D eigenvalue weighted by atomic mass is 16.2. The first-order chi connectivity index (χ1) is 16.0. The third-order valence-corrected chi connectivity index (χ3v) is 6.60. The molecule has 0 saturated carbocycles. The number of hydrogen-bond donors (Lipinski definition) is 0. The van der Waals surface area contributed by atoms with Crippen molar-refractivity contribution >= 4 is 11.8 Å². The van der Waals surface area contributed by atoms with Crippen LogP contribution < -0.4 is 0 Å². The summed E-state index contributed by atoms with van der Waals surface area (Å²) in [5.41, 5.74) is 4.35. The molecular weight excluding hydrogens is 412 g/mol. The summed E-state index contributed by atoms with van der Waals surface area (Å²) in [7, 11) is 0. The predicted molar refractivity (Wildman–Crippen MR) is 130 cm³/mol. The molecule has 0 bridgehead atoms. The van der Waals surface area contributed by atoms with Crippen molar-refractivity contribution in [1.29, 1.82) is 0 Å². The van der Waals surface area contributed by atoms with Gasteiger partial charge in [0.1, 0.15) is 6.04 Å². The summed E-state index contributed by atoms with van der Waals surface area (Å²) in [6.07, 6.45) is 2.31. The maximum absolute atomic E-state index is 13.4. The van der Waals surface area contributed by atoms with Gasteiger partial charge in [0.2, 0.25) is 11.8 Å². The van der Waals surface area contributed by atoms with Crippen molar-refractivity contribution in [2.75, 3.05) is 26.2 Å². The molecule has 0 radical (unpaired) electrons. The van der Waals surface area contributed by atoms with E-state index in [0.717, 1.165) is 22.4 Å². The second-order valence-electron chi connectivity index (χ2n) is 8.72. The van der Waals surface area contributed by atoms with Gasteiger partial charge in [0.25, 0.3) is 0 Å². The number of rotatable bonds is 6. The first-order valence-corrected chi connectivity index (χ1v) is 11.7. The van der Waals surface area contributed by atoms with Crippen LogP contribution in [0, 0.1) is 12.8 Å². The van der Waals surface area contributed by atoms with Crippen molar-refractivity contribution in [2.45, 2.75) is 33.2 Å². The van der Waals surface area contributed by atoms with E-state index in [1.807, 2.05) is 67.0 Å². The van der Waals surface area contributed by atoms with Gasteiger partial charge in [-0.3, -0.25) is 14.3 Å². The Kier molecular flexibility index (Phi) is 6.92. The topological polar surface area (TPSA) is 58.4 Å². The van der Waals surface area contributed by atoms with Gasteiger partial charge >= 0.3 is 0 Å². The molecule has 0 aliphatic carbocycles. The van der Waals surface area contributed by atoms with Crippen LogP contribution in [0.4, 0.5) is 0 Å². The number of benzene rings is 2. The van der Waals surface area contributed by atoms with Gasteiger partial charge in [-0.15, -0.1) is 0 Å². The molecule has 6 heteroatoms. The second-order valence-corrected chi connectivity index (χ2v) is 8.72. The molecule has 2 heterocycles. The van der Waals surface area contributed by atoms with Gasteiger partial charge < -0.3 is 9.80 Å². The smallest absolute Gasteiger partial charge is 0.247 e. The molecule has 33 heavy (non-hydrogen) atoms. The Balaban J connectivity index is 1.61. The Labute approximate surface area is 195 Å². The lowest BCUT2D eigenvalue weighted by atomic mass is 9.91. The molecule has 0 unspecified atom stereocenters. The van der Waals surface area contributed by atoms with Crippen LogP contribution in [0.25, 0.3) is 11.1 Å². The van der Waals surface area contributed by atoms with E-state index in [-0.39, 0.29) is 17.7 Å². The van der Waals surface area contributed by atoms with Gasteiger partial charge in [0, 0.05) is 38.1 Å². The van der Waals surface area contributed by atoms with Gasteiger partial charge in [0.05, 0.1) is 5.92 Å². The van der Waals surface area contributed by atoms with E-state index in [1.54, 1.807) is 10.9 Å². The molecular formula is C27H32N4O2. The monoisotopic (exact) mass is 444 g/mol. The third kappa shape index (κ3) is 4.85. The molecule has 2 atom stereocenters. The molecule has 2 aromatic carbocycles. The van der Waals surface area contributed by atoms with E-state index in [0.29, 0.717) is 32.6 Å². The van der Waals surface area contributed by atoms with E-state index in [9.17, 15) is 9.59 Å². The maximum Gasteiger partial charge on any atom is 0.247 e. The molecule has 1 aliphatic rings. The molecule has 3 aromatic rings. The lowest BCUT2D eigenvalue weighted by Gasteiger charge is -2.27. The molecule has 1 saturated heterocycles. The van der Waals surface area contributed by atoms with Gasteiger partial charge in [0.15, 0.2) is 0 Å². The lowest BCUT2D eigenvalue weighted by Crippen LogP contribution is -2.41. The van der Waals surface area contributed by atoms with Crippen LogP contribution >= 0.6 is 0 Å². The van der Waals surface area contributed by atoms with Gasteiger partial charge in [-0.25, -0.2) is 0 Å². The number of carbonyl (C=O) groups excluding carboxylic acids is 2. The average molecular weight is 445 g/mol. The van der Waals surface area contributed by atoms with Crippen molar-refractivity contribution in [3.05, 3.63) is 78.1 Å². The zero-order valence-electron chi connectivity index (χ0n) is 19.6. The van der Waals surface area contributed by atoms with Crippen LogP contribution in [0.5, 0.6) is 0 Å². The zero-order valence-corrected chi connectivity index (χ0v) is 19.6. The van der Waals surface area contributed by atoms with E-state index in [1.165, 1.54) is 0 Å². The van der Waals surface area contributed by atoms with Crippen molar-refractivity contribution in [3.8, 4) is 11.1 Å². The van der Waals surface area contributed by atoms with E-state index < -0.39 is 6.04 Å². The average Bonchev–Trinajstić information content (AvgIpc) is 3.21. The number of amides is 2. The molecule has 1 fully saturated rings. The van der Waals surface area contributed by atoms with Crippen LogP contribution in [0.2, 0.25) is 0 Å². The highest BCUT2D eigenvalue weighted by Crippen LogP contribution is 2.27. The SMILES string of the molecule is CCN1CCN(C(=O)[C@H](C)n2nccc2C)C[C@@H](Cc2ccccc2-c2ccccc2)C1=O. The summed E-state index contributed by atoms with van der Waals surface area (Å²) in [5, 5.41) is 4.32. The molecule has 172 valence electrons. The minimum Gasteiger partial charge on any atom is -0.341 e. The van der Waals surface area contributed by atoms with Crippen molar-refractivity contribution < 1.29 is 9.59 Å². The number of nitrogens with zero attached hydrogens (tertiary/aromatic N) is 4. The third-order valence-electron chi connectivity index (χ3n) is 6.60. The fourth-order valence-electron chi connectivity index (χ4n) is 4.73. The molecule has 1 aliphatic heterocycles. The van der Waals surface area contributed by atoms with E-state index >= 15 is 0 Å². The number of carbonyl (C=O) groups is 2. The summed E-state index contributed by atoms with van der Waals surface area (Å²) >= 11 is 0. The van der Waals surface area contributed by atoms with E-state index in [2.05, 4.69) is 29.4 Å². The first kappa shape index (κ1) is 22.8. The number of hydrogen-bond acceptors (Lipinski definition) is 3. The fraction of sp³-hybridized carbons (Fsp3) is 0.370. The molecule has 0 spiro atoms. The normalized spacial score (nSPS) is 17.7. The lowest BCUT2D eigenvalue weighted by molar-refractivity contribution is -0.136. The minimum atomic E-state index is -0.402. The maximum atomic E-state index is 13.4. The van der Waals surface area contributed by atoms with Gasteiger partial charge in [-0.2, -0.15) is 5.10 Å². The quantitative estimate of drug-likeness (QED) is 0.578. The summed E-state index contributed by atoms with van der Waals surface area (Å²) in [6, 6.07) is 20.0. The van der Waals surface area contributed by atoms with Crippen LogP contribution in [-0.4, -0.2) is 57.6 Å². The fourth-order valence-corrected chi connectivity index (χ4v) is 4.73. The Morgan fingerprint density at radius 1 is 1.06 bits per heavy atom. The van der Waals surface area contributed by atoms with Gasteiger partial charge in [-0.05, 0) is 49.9 Å². The summed E-state index contributed by atoms with van der Waals surface area (Å²) in [6.45, 7) is 7.99. The molecule has 2 amide bonds. The summed E-state index contributed by atoms with van der Waals surface area (Å²) < 4.78 is 1.76. The molecule has 4 rings (SSSR count). The van der Waals surface area contributed by atoms with Crippen LogP contribution in [0.1, 0.15) is 31.1 Å². The van der Waals surface area contributed by atoms with E-state index in [4.69, 9.17) is 0 Å². The molecule has 6 nitrogen and oxygen atoms in total. The largest absolute Gasteiger partial charge is 0.341 e. The molecule has 0 N–H and O–H groups in total. The van der Waals surface area contributed by atoms with Crippen LogP contribution in [0.15, 0.2) is 66.9 Å². The minimum absolute atomic E-state index is 0.00824. The van der Waals surface area contributed by atoms with Crippen molar-refractivity contribution in [3.63, 3.8) is 0 Å². The summed E-state index contributed by atoms with van der Waals surface area (Å²) in [5.74, 6) is -0.153. The Hall–Kier alpha value is -3.41. The highest BCUT2D eigenvalue weighted by Gasteiger charge is 2.34. The molecule has 1 aromatic heterocycles. The zero-order chi connectivity index (χ0) is 23.4. The summed E-state index contributed by atoms with van der Waals surface area (Å²) in [4.78, 5) is 30.6. The second kappa shape index (κ2) is 10.0. The number of aromatic nitrogens is 2. The number of aryl methyl sites for hydroxylation is 1. The van der Waals surface area contributed by atoms with Crippen molar-refractivity contribution in [2.24, 2.45) is 5.92 Å². The Morgan fingerprint density at radius 2 is 1.79 bits per heavy atom. The Bertz CT molecular complexity index is 1110. The standard InChI is InChI=1S/C27H32N4O2/c1-4-29-16-17-30(26(32)21(3)31-20(2)14-15-28-31)19-24(27(29)33)18-23-12-8-9-13-25(23)22-10-6-5-7-11-22/h5-15,21,24H,4,16-19H2,1-3H3/t21-,24+/m0/s1. The van der Waals surface area contributed by atoms with Crippen molar-refractivity contribution in [1.82, 2.24) is 19.6 Å². The Morgan fingerprint density at radius 3 is 2.48 bits per heavy atom. The van der Waals surface area contributed by atoms with Gasteiger partial charge in [-0.1, -0.05) is 54.6 Å². The first-order valence-electron chi connectivity index (χ1n) is 11.7. The predicted octanol–water partition coefficient (Wildman–Crippen LogP) is 3.97. The van der Waals surface area contributed by atoms with Crippen LogP contribution in [-0.2, 0) is 16.0 Å². The van der Waals surface area contributed by atoms with Crippen LogP contribution in [0.3, 0.4) is 0 Å². The number of likely N-dealkylation sites (N-methyl/N-ethyl adjacent to an activating group) is 1.